The highest BCUT2D eigenvalue weighted by molar-refractivity contribution is 5.99. The van der Waals surface area contributed by atoms with Crippen molar-refractivity contribution in [2.24, 2.45) is 0 Å². The molecule has 0 atom stereocenters. The lowest BCUT2D eigenvalue weighted by Crippen LogP contribution is -2.42. The number of nitrogens with one attached hydrogen (secondary N) is 3. The molecule has 0 unspecified atom stereocenters. The van der Waals surface area contributed by atoms with Crippen LogP contribution in [0.3, 0.4) is 0 Å². The molecule has 1 fully saturated rings. The zero-order chi connectivity index (χ0) is 16.5. The van der Waals surface area contributed by atoms with Gasteiger partial charge in [0.1, 0.15) is 5.75 Å². The van der Waals surface area contributed by atoms with Crippen LogP contribution in [-0.2, 0) is 9.47 Å². The average molecular weight is 308 g/mol. The first kappa shape index (κ1) is 17.8. The molecule has 4 N–H and O–H groups in total. The van der Waals surface area contributed by atoms with Crippen molar-refractivity contribution < 1.29 is 14.6 Å². The standard InChI is InChI=1S/C13H18N4O3.C2H6/c1-16-10-3-2-9(8-11(10)18)12(14)20-13(15)17-4-6-19-7-5-17;1-2/h2-3,8,14-16,18H,4-7H2,1H3;1-2H3. The molecule has 0 amide bonds. The van der Waals surface area contributed by atoms with Gasteiger partial charge in [-0.25, -0.2) is 0 Å². The van der Waals surface area contributed by atoms with Gasteiger partial charge in [-0.15, -0.1) is 0 Å². The molecule has 7 nitrogen and oxygen atoms in total. The molecule has 1 heterocycles. The van der Waals surface area contributed by atoms with Gasteiger partial charge in [-0.05, 0) is 18.2 Å². The van der Waals surface area contributed by atoms with E-state index in [4.69, 9.17) is 20.3 Å². The molecule has 122 valence electrons. The van der Waals surface area contributed by atoms with Crippen molar-refractivity contribution >= 4 is 17.6 Å². The Hall–Kier alpha value is -2.28. The molecule has 2 rings (SSSR count). The van der Waals surface area contributed by atoms with Crippen LogP contribution in [0.15, 0.2) is 18.2 Å². The number of morpholine rings is 1. The Morgan fingerprint density at radius 3 is 2.45 bits per heavy atom. The zero-order valence-corrected chi connectivity index (χ0v) is 13.3. The van der Waals surface area contributed by atoms with Crippen LogP contribution >= 0.6 is 0 Å². The maximum atomic E-state index is 9.73. The van der Waals surface area contributed by atoms with Gasteiger partial charge in [0.2, 0.25) is 5.90 Å². The van der Waals surface area contributed by atoms with Crippen LogP contribution in [0.4, 0.5) is 5.69 Å². The summed E-state index contributed by atoms with van der Waals surface area (Å²) >= 11 is 0. The SMILES string of the molecule is CC.CNc1ccc(C(=N)OC(=N)N2CCOCC2)cc1O. The molecular formula is C15H24N4O3. The maximum absolute atomic E-state index is 9.73. The summed E-state index contributed by atoms with van der Waals surface area (Å²) in [5, 5.41) is 28.2. The van der Waals surface area contributed by atoms with Crippen molar-refractivity contribution in [1.29, 1.82) is 10.8 Å². The minimum atomic E-state index is -0.167. The van der Waals surface area contributed by atoms with Crippen LogP contribution in [0.2, 0.25) is 0 Å². The van der Waals surface area contributed by atoms with Gasteiger partial charge in [0.25, 0.3) is 6.02 Å². The molecule has 0 radical (unpaired) electrons. The summed E-state index contributed by atoms with van der Waals surface area (Å²) in [7, 11) is 1.70. The normalized spacial score (nSPS) is 13.7. The van der Waals surface area contributed by atoms with Crippen molar-refractivity contribution in [3.63, 3.8) is 0 Å². The minimum absolute atomic E-state index is 0.0382. The van der Waals surface area contributed by atoms with E-state index < -0.39 is 0 Å². The van der Waals surface area contributed by atoms with Crippen LogP contribution in [0, 0.1) is 10.8 Å². The van der Waals surface area contributed by atoms with Gasteiger partial charge in [0, 0.05) is 25.7 Å². The third kappa shape index (κ3) is 4.63. The van der Waals surface area contributed by atoms with E-state index in [0.717, 1.165) is 0 Å². The molecule has 1 aromatic rings. The quantitative estimate of drug-likeness (QED) is 0.380. The summed E-state index contributed by atoms with van der Waals surface area (Å²) < 4.78 is 10.4. The first-order valence-corrected chi connectivity index (χ1v) is 7.30. The van der Waals surface area contributed by atoms with Crippen LogP contribution in [0.25, 0.3) is 0 Å². The third-order valence-corrected chi connectivity index (χ3v) is 3.03. The molecule has 7 heteroatoms. The predicted octanol–water partition coefficient (Wildman–Crippen LogP) is 2.07. The van der Waals surface area contributed by atoms with Crippen LogP contribution in [0.1, 0.15) is 19.4 Å². The average Bonchev–Trinajstić information content (AvgIpc) is 2.57. The van der Waals surface area contributed by atoms with Gasteiger partial charge in [-0.1, -0.05) is 13.8 Å². The molecule has 0 bridgehead atoms. The molecule has 1 aromatic carbocycles. The van der Waals surface area contributed by atoms with E-state index in [0.29, 0.717) is 37.6 Å². The first-order chi connectivity index (χ1) is 10.6. The van der Waals surface area contributed by atoms with Gasteiger partial charge >= 0.3 is 0 Å². The summed E-state index contributed by atoms with van der Waals surface area (Å²) in [6, 6.07) is 4.66. The number of amidine groups is 1. The maximum Gasteiger partial charge on any atom is 0.291 e. The number of nitrogens with zero attached hydrogens (tertiary/aromatic N) is 1. The molecule has 1 aliphatic heterocycles. The molecule has 22 heavy (non-hydrogen) atoms. The number of hydrogen-bond donors (Lipinski definition) is 4. The Morgan fingerprint density at radius 1 is 1.27 bits per heavy atom. The van der Waals surface area contributed by atoms with Gasteiger partial charge in [0.05, 0.1) is 18.9 Å². The lowest BCUT2D eigenvalue weighted by Gasteiger charge is -2.27. The van der Waals surface area contributed by atoms with Crippen molar-refractivity contribution in [2.45, 2.75) is 13.8 Å². The number of benzene rings is 1. The van der Waals surface area contributed by atoms with Crippen molar-refractivity contribution in [3.8, 4) is 5.75 Å². The fourth-order valence-corrected chi connectivity index (χ4v) is 1.87. The Balaban J connectivity index is 0.00000116. The number of anilines is 1. The van der Waals surface area contributed by atoms with E-state index >= 15 is 0 Å². The molecule has 0 aliphatic carbocycles. The Labute approximate surface area is 130 Å². The predicted molar refractivity (Wildman–Crippen MR) is 87.0 cm³/mol. The number of hydrogen-bond acceptors (Lipinski definition) is 6. The van der Waals surface area contributed by atoms with Crippen LogP contribution in [-0.4, -0.2) is 55.3 Å². The zero-order valence-electron chi connectivity index (χ0n) is 13.3. The molecule has 0 saturated carbocycles. The summed E-state index contributed by atoms with van der Waals surface area (Å²) in [5.41, 5.74) is 0.990. The van der Waals surface area contributed by atoms with Crippen molar-refractivity contribution in [2.75, 3.05) is 38.7 Å². The third-order valence-electron chi connectivity index (χ3n) is 3.03. The van der Waals surface area contributed by atoms with Gasteiger partial charge in [-0.3, -0.25) is 10.8 Å². The first-order valence-electron chi connectivity index (χ1n) is 7.30. The van der Waals surface area contributed by atoms with Crippen LogP contribution < -0.4 is 5.32 Å². The number of phenols is 1. The topological polar surface area (TPSA) is 102 Å². The molecule has 1 aliphatic rings. The Kier molecular flexibility index (Phi) is 7.18. The number of ether oxygens (including phenoxy) is 2. The summed E-state index contributed by atoms with van der Waals surface area (Å²) in [4.78, 5) is 1.71. The van der Waals surface area contributed by atoms with E-state index in [-0.39, 0.29) is 17.7 Å². The van der Waals surface area contributed by atoms with Crippen molar-refractivity contribution in [1.82, 2.24) is 4.90 Å². The summed E-state index contributed by atoms with van der Waals surface area (Å²) in [5.74, 6) is -0.129. The molecule has 1 saturated heterocycles. The van der Waals surface area contributed by atoms with Gasteiger partial charge in [-0.2, -0.15) is 0 Å². The Bertz CT molecular complexity index is 514. The smallest absolute Gasteiger partial charge is 0.291 e. The highest BCUT2D eigenvalue weighted by atomic mass is 16.5. The number of phenolic OH excluding ortho intramolecular Hbond substituents is 1. The minimum Gasteiger partial charge on any atom is -0.506 e. The second-order valence-corrected chi connectivity index (χ2v) is 4.32. The van der Waals surface area contributed by atoms with Gasteiger partial charge < -0.3 is 24.8 Å². The second kappa shape index (κ2) is 8.89. The van der Waals surface area contributed by atoms with E-state index in [2.05, 4.69) is 5.32 Å². The second-order valence-electron chi connectivity index (χ2n) is 4.32. The Morgan fingerprint density at radius 2 is 1.91 bits per heavy atom. The lowest BCUT2D eigenvalue weighted by atomic mass is 10.2. The fourth-order valence-electron chi connectivity index (χ4n) is 1.87. The van der Waals surface area contributed by atoms with Crippen LogP contribution in [0.5, 0.6) is 5.75 Å². The monoisotopic (exact) mass is 308 g/mol. The molecule has 0 spiro atoms. The summed E-state index contributed by atoms with van der Waals surface area (Å²) in [6.07, 6.45) is 0. The van der Waals surface area contributed by atoms with Gasteiger partial charge in [0.15, 0.2) is 0 Å². The van der Waals surface area contributed by atoms with E-state index in [1.165, 1.54) is 6.07 Å². The van der Waals surface area contributed by atoms with E-state index in [1.807, 2.05) is 13.8 Å². The van der Waals surface area contributed by atoms with Crippen molar-refractivity contribution in [3.05, 3.63) is 23.8 Å². The largest absolute Gasteiger partial charge is 0.506 e. The highest BCUT2D eigenvalue weighted by Crippen LogP contribution is 2.23. The number of rotatable bonds is 2. The highest BCUT2D eigenvalue weighted by Gasteiger charge is 2.17. The molecule has 0 aromatic heterocycles. The lowest BCUT2D eigenvalue weighted by molar-refractivity contribution is 0.0605. The molecular weight excluding hydrogens is 284 g/mol. The fraction of sp³-hybridized carbons (Fsp3) is 0.467. The number of aromatic hydroxyl groups is 1. The summed E-state index contributed by atoms with van der Waals surface area (Å²) in [6.45, 7) is 6.26. The van der Waals surface area contributed by atoms with E-state index in [9.17, 15) is 5.11 Å². The van der Waals surface area contributed by atoms with E-state index in [1.54, 1.807) is 24.1 Å².